The molecule has 2 N–H and O–H groups in total. The number of phenolic OH excluding ortho intramolecular Hbond substituents is 1. The minimum absolute atomic E-state index is 0.00788. The van der Waals surface area contributed by atoms with Crippen LogP contribution in [0.2, 0.25) is 0 Å². The van der Waals surface area contributed by atoms with Crippen molar-refractivity contribution < 1.29 is 38.7 Å². The summed E-state index contributed by atoms with van der Waals surface area (Å²) in [5.41, 5.74) is 5.37. The Morgan fingerprint density at radius 2 is 1.85 bits per heavy atom. The summed E-state index contributed by atoms with van der Waals surface area (Å²) in [7, 11) is 3.50. The minimum atomic E-state index is -1.20. The van der Waals surface area contributed by atoms with Gasteiger partial charge in [-0.1, -0.05) is 24.3 Å². The van der Waals surface area contributed by atoms with E-state index in [4.69, 9.17) is 18.9 Å². The van der Waals surface area contributed by atoms with Gasteiger partial charge in [0.25, 0.3) is 5.91 Å². The molecule has 1 amide bonds. The molecule has 0 radical (unpaired) electrons. The lowest BCUT2D eigenvalue weighted by Gasteiger charge is -2.60. The number of rotatable bonds is 4. The number of aliphatic hydroxyl groups is 1. The van der Waals surface area contributed by atoms with Crippen LogP contribution in [0.5, 0.6) is 28.7 Å². The molecule has 1 fully saturated rings. The van der Waals surface area contributed by atoms with Gasteiger partial charge in [-0.05, 0) is 50.9 Å². The fraction of sp³-hybridized carbons (Fsp3) is 0.417. The lowest BCUT2D eigenvalue weighted by atomic mass is 9.71. The van der Waals surface area contributed by atoms with Gasteiger partial charge in [0.15, 0.2) is 29.2 Å². The quantitative estimate of drug-likeness (QED) is 0.315. The van der Waals surface area contributed by atoms with Crippen LogP contribution in [0.15, 0.2) is 30.3 Å². The molecule has 3 aromatic carbocycles. The number of fused-ring (bicyclic) bond motifs is 10. The minimum Gasteiger partial charge on any atom is -0.504 e. The van der Waals surface area contributed by atoms with Gasteiger partial charge in [-0.15, -0.1) is 0 Å². The molecule has 8 rings (SSSR count). The van der Waals surface area contributed by atoms with Crippen molar-refractivity contribution in [2.75, 3.05) is 27.5 Å². The number of benzene rings is 3. The molecule has 6 atom stereocenters. The first-order valence-corrected chi connectivity index (χ1v) is 16.1. The predicted octanol–water partition coefficient (Wildman–Crippen LogP) is 3.59. The number of piperazine rings is 1. The summed E-state index contributed by atoms with van der Waals surface area (Å²) in [6.07, 6.45) is -0.369. The smallest absolute Gasteiger partial charge is 0.308 e. The van der Waals surface area contributed by atoms with Crippen LogP contribution in [0.3, 0.4) is 0 Å². The maximum absolute atomic E-state index is 13.9. The largest absolute Gasteiger partial charge is 0.504 e. The van der Waals surface area contributed by atoms with Crippen LogP contribution >= 0.6 is 0 Å². The maximum atomic E-state index is 13.9. The van der Waals surface area contributed by atoms with E-state index in [1.807, 2.05) is 27.0 Å². The molecule has 248 valence electrons. The van der Waals surface area contributed by atoms with E-state index in [0.717, 1.165) is 16.7 Å². The Hall–Kier alpha value is -4.83. The van der Waals surface area contributed by atoms with Crippen LogP contribution in [0.4, 0.5) is 0 Å². The zero-order chi connectivity index (χ0) is 33.8. The van der Waals surface area contributed by atoms with E-state index in [1.54, 1.807) is 24.3 Å². The summed E-state index contributed by atoms with van der Waals surface area (Å²) >= 11 is 0. The monoisotopic (exact) mass is 652 g/mol. The van der Waals surface area contributed by atoms with Crippen molar-refractivity contribution in [3.63, 3.8) is 0 Å². The number of carbonyl (C=O) groups excluding carboxylic acids is 2. The number of nitriles is 1. The number of nitrogens with zero attached hydrogens (tertiary/aromatic N) is 4. The van der Waals surface area contributed by atoms with Gasteiger partial charge < -0.3 is 34.1 Å². The number of amides is 1. The van der Waals surface area contributed by atoms with E-state index in [9.17, 15) is 25.1 Å². The molecule has 5 aliphatic rings. The SMILES string of the molecule is COc1c(C)cc2c(c1O)C1C3Cc4c(OC(C)=O)c(C)c5c(c4[C@H](CN4C(=O)c6ccccc6C4O)N3C(C#N)C(C2)N1C)OCO5. The summed E-state index contributed by atoms with van der Waals surface area (Å²) in [6, 6.07) is 9.17. The van der Waals surface area contributed by atoms with Crippen LogP contribution in [-0.4, -0.2) is 82.4 Å². The Labute approximate surface area is 277 Å². The average Bonchev–Trinajstić information content (AvgIpc) is 3.64. The third-order valence-electron chi connectivity index (χ3n) is 10.9. The maximum Gasteiger partial charge on any atom is 0.308 e. The van der Waals surface area contributed by atoms with Crippen LogP contribution in [0.25, 0.3) is 0 Å². The second-order valence-electron chi connectivity index (χ2n) is 13.3. The highest BCUT2D eigenvalue weighted by Crippen LogP contribution is 2.59. The fourth-order valence-electron chi connectivity index (χ4n) is 9.01. The van der Waals surface area contributed by atoms with E-state index in [0.29, 0.717) is 63.7 Å². The van der Waals surface area contributed by atoms with Crippen LogP contribution in [0, 0.1) is 25.2 Å². The number of likely N-dealkylation sites (N-methyl/N-ethyl adjacent to an activating group) is 1. The number of esters is 1. The van der Waals surface area contributed by atoms with Crippen molar-refractivity contribution in [1.82, 2.24) is 14.7 Å². The third kappa shape index (κ3) is 4.04. The van der Waals surface area contributed by atoms with Gasteiger partial charge in [-0.2, -0.15) is 5.26 Å². The molecule has 5 aliphatic heterocycles. The Kier molecular flexibility index (Phi) is 6.89. The number of methoxy groups -OCH3 is 1. The molecule has 0 saturated carbocycles. The summed E-state index contributed by atoms with van der Waals surface area (Å²) < 4.78 is 23.6. The highest BCUT2D eigenvalue weighted by Gasteiger charge is 2.57. The number of aliphatic hydroxyl groups excluding tert-OH is 1. The highest BCUT2D eigenvalue weighted by molar-refractivity contribution is 5.99. The van der Waals surface area contributed by atoms with Gasteiger partial charge in [0, 0.05) is 58.9 Å². The van der Waals surface area contributed by atoms with E-state index in [1.165, 1.54) is 18.9 Å². The van der Waals surface area contributed by atoms with Crippen molar-refractivity contribution >= 4 is 11.9 Å². The lowest BCUT2D eigenvalue weighted by molar-refractivity contribution is -0.132. The second kappa shape index (κ2) is 10.8. The van der Waals surface area contributed by atoms with Gasteiger partial charge in [0.05, 0.1) is 25.3 Å². The van der Waals surface area contributed by atoms with Gasteiger partial charge in [-0.25, -0.2) is 0 Å². The third-order valence-corrected chi connectivity index (χ3v) is 10.9. The number of ether oxygens (including phenoxy) is 4. The molecule has 2 bridgehead atoms. The topological polar surface area (TPSA) is 145 Å². The van der Waals surface area contributed by atoms with E-state index in [2.05, 4.69) is 15.9 Å². The van der Waals surface area contributed by atoms with Crippen LogP contribution < -0.4 is 18.9 Å². The van der Waals surface area contributed by atoms with Gasteiger partial charge in [0.1, 0.15) is 11.8 Å². The van der Waals surface area contributed by atoms with Crippen molar-refractivity contribution in [2.24, 2.45) is 0 Å². The van der Waals surface area contributed by atoms with Crippen LogP contribution in [-0.2, 0) is 17.6 Å². The number of carbonyl (C=O) groups is 2. The number of phenols is 1. The molecular weight excluding hydrogens is 616 g/mol. The van der Waals surface area contributed by atoms with Crippen molar-refractivity contribution in [3.8, 4) is 34.8 Å². The normalized spacial score (nSPS) is 26.7. The molecule has 3 aromatic rings. The Morgan fingerprint density at radius 3 is 2.56 bits per heavy atom. The molecule has 0 spiro atoms. The first kappa shape index (κ1) is 30.5. The second-order valence-corrected chi connectivity index (χ2v) is 13.3. The number of hydrogen-bond donors (Lipinski definition) is 2. The number of aryl methyl sites for hydroxylation is 1. The van der Waals surface area contributed by atoms with E-state index < -0.39 is 36.4 Å². The van der Waals surface area contributed by atoms with Crippen molar-refractivity contribution in [1.29, 1.82) is 5.26 Å². The van der Waals surface area contributed by atoms with Gasteiger partial charge in [-0.3, -0.25) is 19.4 Å². The zero-order valence-corrected chi connectivity index (χ0v) is 27.3. The van der Waals surface area contributed by atoms with E-state index >= 15 is 0 Å². The van der Waals surface area contributed by atoms with Crippen molar-refractivity contribution in [2.45, 2.75) is 70.0 Å². The average molecular weight is 653 g/mol. The zero-order valence-electron chi connectivity index (χ0n) is 27.3. The molecule has 12 heteroatoms. The molecule has 5 heterocycles. The predicted molar refractivity (Wildman–Crippen MR) is 170 cm³/mol. The Balaban J connectivity index is 1.37. The van der Waals surface area contributed by atoms with E-state index in [-0.39, 0.29) is 31.0 Å². The molecular formula is C36H36N4O8. The molecule has 5 unspecified atom stereocenters. The summed E-state index contributed by atoms with van der Waals surface area (Å²) in [5.74, 6) is 0.888. The molecule has 48 heavy (non-hydrogen) atoms. The molecule has 0 aromatic heterocycles. The summed E-state index contributed by atoms with van der Waals surface area (Å²) in [4.78, 5) is 32.1. The summed E-state index contributed by atoms with van der Waals surface area (Å²) in [5, 5.41) is 34.2. The first-order chi connectivity index (χ1) is 23.1. The highest BCUT2D eigenvalue weighted by atomic mass is 16.7. The Morgan fingerprint density at radius 1 is 1.10 bits per heavy atom. The molecule has 12 nitrogen and oxygen atoms in total. The number of hydrogen-bond acceptors (Lipinski definition) is 11. The molecule has 1 saturated heterocycles. The number of aromatic hydroxyl groups is 1. The van der Waals surface area contributed by atoms with Crippen molar-refractivity contribution in [3.05, 3.63) is 74.8 Å². The summed E-state index contributed by atoms with van der Waals surface area (Å²) in [6.45, 7) is 5.01. The molecule has 0 aliphatic carbocycles. The van der Waals surface area contributed by atoms with Gasteiger partial charge >= 0.3 is 5.97 Å². The van der Waals surface area contributed by atoms with Gasteiger partial charge in [0.2, 0.25) is 6.79 Å². The standard InChI is InChI=1S/C36H36N4O8/c1-16-10-19-11-23-25(13-37)40-24(29(38(23)4)27(19)30(42)31(16)45-5)12-22-28(34-33(46-15-47-34)17(2)32(22)48-18(3)41)26(40)14-39-35(43)20-8-6-7-9-21(20)36(39)44/h6-10,23-26,29,35,42-43H,11-12,14-15H2,1-5H3/t23?,24?,25?,26-,29?,35?/m0/s1. The lowest BCUT2D eigenvalue weighted by Crippen LogP contribution is -2.68. The van der Waals surface area contributed by atoms with Crippen LogP contribution in [0.1, 0.15) is 74.5 Å². The Bertz CT molecular complexity index is 1960. The first-order valence-electron chi connectivity index (χ1n) is 16.1. The fourth-order valence-corrected chi connectivity index (χ4v) is 9.01.